The summed E-state index contributed by atoms with van der Waals surface area (Å²) in [7, 11) is 5.67. The first kappa shape index (κ1) is 31.4. The maximum Gasteiger partial charge on any atom is 0.328 e. The first-order valence-corrected chi connectivity index (χ1v) is 16.5. The zero-order chi connectivity index (χ0) is 32.9. The SMILES string of the molecule is COc1ccc(CN2C[C@H]3CC(c4ccc(N(C)C)c5ccccc45)N4C(=O)N(CCN5CCOCC5)C(=O)[C@@]34C2)cc1NC(C)=O. The Morgan fingerprint density at radius 1 is 1.02 bits per heavy atom. The Balaban J connectivity index is 1.22. The number of morpholine rings is 1. The highest BCUT2D eigenvalue weighted by Gasteiger charge is 2.70. The number of nitrogens with zero attached hydrogens (tertiary/aromatic N) is 5. The molecule has 4 saturated heterocycles. The Kier molecular flexibility index (Phi) is 8.32. The number of amides is 4. The number of nitrogens with one attached hydrogen (secondary N) is 1. The summed E-state index contributed by atoms with van der Waals surface area (Å²) in [5.74, 6) is 0.330. The van der Waals surface area contributed by atoms with Crippen molar-refractivity contribution < 1.29 is 23.9 Å². The van der Waals surface area contributed by atoms with Gasteiger partial charge in [-0.25, -0.2) is 4.79 Å². The van der Waals surface area contributed by atoms with Crippen LogP contribution >= 0.6 is 0 Å². The van der Waals surface area contributed by atoms with E-state index in [4.69, 9.17) is 9.47 Å². The van der Waals surface area contributed by atoms with Crippen molar-refractivity contribution in [2.24, 2.45) is 5.92 Å². The van der Waals surface area contributed by atoms with Crippen LogP contribution in [0.3, 0.4) is 0 Å². The highest BCUT2D eigenvalue weighted by molar-refractivity contribution is 6.09. The minimum atomic E-state index is -0.930. The van der Waals surface area contributed by atoms with E-state index in [9.17, 15) is 14.4 Å². The Morgan fingerprint density at radius 2 is 1.79 bits per heavy atom. The van der Waals surface area contributed by atoms with Crippen LogP contribution in [0, 0.1) is 5.92 Å². The number of methoxy groups -OCH3 is 1. The zero-order valence-corrected chi connectivity index (χ0v) is 27.7. The summed E-state index contributed by atoms with van der Waals surface area (Å²) in [6.45, 7) is 7.17. The summed E-state index contributed by atoms with van der Waals surface area (Å²) >= 11 is 0. The summed E-state index contributed by atoms with van der Waals surface area (Å²) in [5, 5.41) is 5.12. The van der Waals surface area contributed by atoms with Gasteiger partial charge in [0.25, 0.3) is 5.91 Å². The summed E-state index contributed by atoms with van der Waals surface area (Å²) < 4.78 is 11.0. The van der Waals surface area contributed by atoms with Crippen molar-refractivity contribution in [2.75, 3.05) is 83.9 Å². The van der Waals surface area contributed by atoms with Crippen molar-refractivity contribution in [1.82, 2.24) is 19.6 Å². The van der Waals surface area contributed by atoms with Crippen molar-refractivity contribution in [2.45, 2.75) is 31.5 Å². The average Bonchev–Trinajstić information content (AvgIpc) is 3.63. The van der Waals surface area contributed by atoms with Gasteiger partial charge >= 0.3 is 6.03 Å². The topological polar surface area (TPSA) is 97.9 Å². The molecule has 11 heteroatoms. The molecule has 7 rings (SSSR count). The lowest BCUT2D eigenvalue weighted by molar-refractivity contribution is -0.133. The van der Waals surface area contributed by atoms with E-state index in [1.807, 2.05) is 43.3 Å². The zero-order valence-electron chi connectivity index (χ0n) is 27.7. The van der Waals surface area contributed by atoms with Gasteiger partial charge in [0.05, 0.1) is 32.1 Å². The highest BCUT2D eigenvalue weighted by Crippen LogP contribution is 2.56. The van der Waals surface area contributed by atoms with Crippen molar-refractivity contribution in [1.29, 1.82) is 0 Å². The van der Waals surface area contributed by atoms with Crippen LogP contribution in [0.2, 0.25) is 0 Å². The van der Waals surface area contributed by atoms with Crippen LogP contribution in [0.1, 0.15) is 30.5 Å². The molecule has 4 amide bonds. The molecule has 0 aliphatic carbocycles. The highest BCUT2D eigenvalue weighted by atomic mass is 16.5. The summed E-state index contributed by atoms with van der Waals surface area (Å²) in [6, 6.07) is 18.1. The van der Waals surface area contributed by atoms with Gasteiger partial charge in [0.2, 0.25) is 5.91 Å². The minimum Gasteiger partial charge on any atom is -0.495 e. The first-order valence-electron chi connectivity index (χ1n) is 16.5. The Hall–Kier alpha value is -4.19. The van der Waals surface area contributed by atoms with Crippen LogP contribution in [0.25, 0.3) is 10.8 Å². The number of hydrogen-bond donors (Lipinski definition) is 1. The van der Waals surface area contributed by atoms with Gasteiger partial charge in [0, 0.05) is 83.8 Å². The lowest BCUT2D eigenvalue weighted by atomic mass is 9.87. The molecule has 0 bridgehead atoms. The number of benzene rings is 3. The maximum atomic E-state index is 14.6. The predicted octanol–water partition coefficient (Wildman–Crippen LogP) is 3.78. The normalized spacial score (nSPS) is 24.6. The second kappa shape index (κ2) is 12.4. The third kappa shape index (κ3) is 5.40. The van der Waals surface area contributed by atoms with Crippen molar-refractivity contribution >= 4 is 40.0 Å². The molecule has 3 atom stereocenters. The van der Waals surface area contributed by atoms with Gasteiger partial charge < -0.3 is 24.6 Å². The predicted molar refractivity (Wildman–Crippen MR) is 181 cm³/mol. The van der Waals surface area contributed by atoms with E-state index in [2.05, 4.69) is 50.3 Å². The molecule has 4 aliphatic heterocycles. The van der Waals surface area contributed by atoms with Crippen LogP contribution < -0.4 is 15.0 Å². The standard InChI is InChI=1S/C36H44N6O5/c1-24(43)37-30-19-25(9-12-33(30)46-4)21-40-22-26-20-32(29-10-11-31(38(2)3)28-8-6-5-7-27(28)29)42-35(45)41(34(44)36(26,42)23-40)14-13-39-15-17-47-18-16-39/h5-12,19,26,32H,13-18,20-23H2,1-4H3,(H,37,43)/t26-,32?,36-/m1/s1. The molecular weight excluding hydrogens is 596 g/mol. The molecule has 248 valence electrons. The van der Waals surface area contributed by atoms with Gasteiger partial charge in [-0.1, -0.05) is 36.4 Å². The van der Waals surface area contributed by atoms with E-state index in [-0.39, 0.29) is 29.8 Å². The molecule has 1 N–H and O–H groups in total. The van der Waals surface area contributed by atoms with Gasteiger partial charge in [-0.3, -0.25) is 24.3 Å². The van der Waals surface area contributed by atoms with Gasteiger partial charge in [-0.2, -0.15) is 0 Å². The summed E-state index contributed by atoms with van der Waals surface area (Å²) in [4.78, 5) is 51.1. The Morgan fingerprint density at radius 3 is 2.51 bits per heavy atom. The van der Waals surface area contributed by atoms with Crippen LogP contribution in [0.5, 0.6) is 5.75 Å². The van der Waals surface area contributed by atoms with Gasteiger partial charge in [-0.05, 0) is 41.1 Å². The van der Waals surface area contributed by atoms with E-state index in [0.717, 1.165) is 47.1 Å². The summed E-state index contributed by atoms with van der Waals surface area (Å²) in [5.41, 5.74) is 2.91. The number of carbonyl (C=O) groups excluding carboxylic acids is 3. The molecule has 47 heavy (non-hydrogen) atoms. The fraction of sp³-hybridized carbons (Fsp3) is 0.472. The number of carbonyl (C=O) groups is 3. The van der Waals surface area contributed by atoms with E-state index in [1.54, 1.807) is 7.11 Å². The molecule has 1 spiro atoms. The summed E-state index contributed by atoms with van der Waals surface area (Å²) in [6.07, 6.45) is 0.719. The Labute approximate surface area is 276 Å². The van der Waals surface area contributed by atoms with E-state index in [0.29, 0.717) is 57.4 Å². The molecule has 3 aromatic rings. The molecule has 4 heterocycles. The van der Waals surface area contributed by atoms with E-state index < -0.39 is 5.54 Å². The minimum absolute atomic E-state index is 0.0160. The number of likely N-dealkylation sites (tertiary alicyclic amines) is 1. The van der Waals surface area contributed by atoms with Crippen molar-refractivity contribution in [3.63, 3.8) is 0 Å². The average molecular weight is 641 g/mol. The molecule has 1 unspecified atom stereocenters. The third-order valence-electron chi connectivity index (χ3n) is 10.4. The molecule has 0 radical (unpaired) electrons. The molecule has 0 saturated carbocycles. The van der Waals surface area contributed by atoms with Gasteiger partial charge in [0.1, 0.15) is 11.3 Å². The third-order valence-corrected chi connectivity index (χ3v) is 10.4. The number of imide groups is 1. The van der Waals surface area contributed by atoms with Crippen molar-refractivity contribution in [3.8, 4) is 5.75 Å². The number of ether oxygens (including phenoxy) is 2. The van der Waals surface area contributed by atoms with Crippen molar-refractivity contribution in [3.05, 3.63) is 65.7 Å². The second-order valence-corrected chi connectivity index (χ2v) is 13.4. The number of fused-ring (bicyclic) bond motifs is 1. The van der Waals surface area contributed by atoms with E-state index in [1.165, 1.54) is 11.8 Å². The smallest absolute Gasteiger partial charge is 0.328 e. The largest absolute Gasteiger partial charge is 0.495 e. The number of rotatable bonds is 9. The monoisotopic (exact) mass is 640 g/mol. The Bertz CT molecular complexity index is 1710. The molecule has 4 aliphatic rings. The van der Waals surface area contributed by atoms with E-state index >= 15 is 0 Å². The van der Waals surface area contributed by atoms with Gasteiger partial charge in [-0.15, -0.1) is 0 Å². The second-order valence-electron chi connectivity index (χ2n) is 13.4. The fourth-order valence-electron chi connectivity index (χ4n) is 8.33. The lowest BCUT2D eigenvalue weighted by Crippen LogP contribution is -2.51. The molecule has 11 nitrogen and oxygen atoms in total. The van der Waals surface area contributed by atoms with Crippen LogP contribution in [-0.2, 0) is 20.9 Å². The van der Waals surface area contributed by atoms with Crippen LogP contribution in [0.4, 0.5) is 16.2 Å². The molecule has 4 fully saturated rings. The lowest BCUT2D eigenvalue weighted by Gasteiger charge is -2.33. The number of hydrogen-bond acceptors (Lipinski definition) is 8. The molecular formula is C36H44N6O5. The first-order chi connectivity index (χ1) is 22.7. The number of anilines is 2. The van der Waals surface area contributed by atoms with Crippen LogP contribution in [0.15, 0.2) is 54.6 Å². The fourth-order valence-corrected chi connectivity index (χ4v) is 8.33. The maximum absolute atomic E-state index is 14.6. The molecule has 0 aromatic heterocycles. The number of urea groups is 1. The van der Waals surface area contributed by atoms with Crippen LogP contribution in [-0.4, -0.2) is 117 Å². The molecule has 3 aromatic carbocycles. The van der Waals surface area contributed by atoms with Gasteiger partial charge in [0.15, 0.2) is 0 Å². The quantitative estimate of drug-likeness (QED) is 0.353.